The van der Waals surface area contributed by atoms with Gasteiger partial charge in [0.05, 0.1) is 34.2 Å². The van der Waals surface area contributed by atoms with Crippen molar-refractivity contribution in [3.8, 4) is 0 Å². The first kappa shape index (κ1) is 104. The maximum atomic E-state index is 12.9. The largest absolute Gasteiger partial charge is 0.394 e. The average molecular weight is 2120 g/mol. The van der Waals surface area contributed by atoms with Gasteiger partial charge < -0.3 is 26.9 Å². The SMILES string of the molecule is C.Cc1cc(N)nc(C)c1CNC(=O)c1nc(Br)nn1Cc1ccc2ncc(Cl)cc2c1.[C-]#[N+]c1nc(C(=O)NCc2c(C)cc(N)nc2C)n(Cc2ccc3ncc(Cl)cc3c2)n1.[Pd].c1ccc(P(c2ccccc2)c2ccccc2)cc1.c1ccc(P(c2ccccc2)c2ccccc2)cc1.c1ccc(P(c2ccccc2)c2ccccc2)cc1.c1ccc(P(c2ccccc2)c2ccccc2)cc1. The minimum absolute atomic E-state index is 0. The van der Waals surface area contributed by atoms with E-state index in [1.807, 2.05) is 76.2 Å². The summed E-state index contributed by atoms with van der Waals surface area (Å²) in [7, 11) is -1.78. The summed E-state index contributed by atoms with van der Waals surface area (Å²) < 4.78 is 3.31. The third kappa shape index (κ3) is 29.1. The Labute approximate surface area is 861 Å². The van der Waals surface area contributed by atoms with Gasteiger partial charge in [0.15, 0.2) is 0 Å². The standard InChI is InChI=1S/C22H19ClN8O.C21H19BrClN7O.4C18H15P.CH4.Pd/c1-12-6-19(24)28-13(2)17(12)10-27-21(32)20-29-22(25-3)30-31(20)11-14-4-5-18-15(7-14)8-16(23)9-26-18;1-11-5-18(24)27-12(2)16(11)9-26-20(31)19-28-21(22)29-30(19)10-13-3-4-17-14(6-13)7-15(23)8-25-17;4*1-4-10-16(11-5-1)19(17-12-6-2-7-13-17)18-14-8-3-9-15-18;;/h4-9H,10-11H2,1-2H3,(H2,24,28)(H,27,32);3-8H,9-10H2,1-2H3,(H2,24,27)(H,26,31);4*1-15H;1H4;. The predicted octanol–water partition coefficient (Wildman–Crippen LogP) is 21.8. The molecule has 14 aromatic carbocycles. The van der Waals surface area contributed by atoms with E-state index in [9.17, 15) is 9.59 Å². The second-order valence-electron chi connectivity index (χ2n) is 31.8. The number of aromatic nitrogens is 10. The quantitative estimate of drug-likeness (QED) is 0.0282. The molecular weight excluding hydrogens is 2020 g/mol. The van der Waals surface area contributed by atoms with Crippen molar-refractivity contribution in [3.63, 3.8) is 0 Å². The van der Waals surface area contributed by atoms with Crippen molar-refractivity contribution in [3.05, 3.63) is 520 Å². The van der Waals surface area contributed by atoms with Crippen LogP contribution < -0.4 is 85.8 Å². The summed E-state index contributed by atoms with van der Waals surface area (Å²) in [5.41, 5.74) is 20.2. The zero-order valence-corrected chi connectivity index (χ0v) is 85.3. The van der Waals surface area contributed by atoms with E-state index in [1.54, 1.807) is 29.2 Å². The summed E-state index contributed by atoms with van der Waals surface area (Å²) >= 11 is 15.4. The molecule has 0 atom stereocenters. The summed E-state index contributed by atoms with van der Waals surface area (Å²) in [5, 5.41) is 33.9. The average Bonchev–Trinajstić information content (AvgIpc) is 1.29. The van der Waals surface area contributed by atoms with Crippen LogP contribution in [0.4, 0.5) is 17.6 Å². The number of pyridine rings is 4. The summed E-state index contributed by atoms with van der Waals surface area (Å²) in [6.07, 6.45) is 3.20. The van der Waals surface area contributed by atoms with Gasteiger partial charge in [0.2, 0.25) is 10.6 Å². The smallest absolute Gasteiger partial charge is 0.393 e. The molecule has 20 aromatic rings. The van der Waals surface area contributed by atoms with Crippen molar-refractivity contribution in [1.82, 2.24) is 60.1 Å². The molecule has 0 fully saturated rings. The number of amides is 2. The van der Waals surface area contributed by atoms with Gasteiger partial charge in [-0.2, -0.15) is 9.67 Å². The molecule has 2 amide bonds. The van der Waals surface area contributed by atoms with Crippen molar-refractivity contribution >= 4 is 186 Å². The van der Waals surface area contributed by atoms with Crippen LogP contribution in [0, 0.1) is 34.3 Å². The van der Waals surface area contributed by atoms with Crippen LogP contribution in [0.3, 0.4) is 0 Å². The number of rotatable bonds is 22. The number of nitrogen functional groups attached to an aromatic ring is 2. The Hall–Kier alpha value is -14.0. The van der Waals surface area contributed by atoms with E-state index in [-0.39, 0.29) is 64.4 Å². The van der Waals surface area contributed by atoms with Gasteiger partial charge in [-0.3, -0.25) is 19.6 Å². The second kappa shape index (κ2) is 52.8. The van der Waals surface area contributed by atoms with Crippen LogP contribution >= 0.6 is 70.8 Å². The summed E-state index contributed by atoms with van der Waals surface area (Å²) in [4.78, 5) is 54.4. The fourth-order valence-electron chi connectivity index (χ4n) is 15.6. The number of nitrogens with zero attached hydrogens (tertiary/aromatic N) is 11. The molecular formula is C116H102BrCl2N15O2P4Pd. The Morgan fingerprint density at radius 3 is 0.830 bits per heavy atom. The van der Waals surface area contributed by atoms with Crippen LogP contribution in [0.5, 0.6) is 0 Å². The zero-order chi connectivity index (χ0) is 96.6. The number of nitrogens with two attached hydrogens (primary N) is 2. The number of fused-ring (bicyclic) bond motifs is 2. The molecule has 6 aromatic heterocycles. The van der Waals surface area contributed by atoms with Crippen LogP contribution in [0.25, 0.3) is 26.7 Å². The van der Waals surface area contributed by atoms with Gasteiger partial charge in [-0.25, -0.2) is 14.6 Å². The Morgan fingerprint density at radius 2 is 0.589 bits per heavy atom. The maximum absolute atomic E-state index is 12.9. The van der Waals surface area contributed by atoms with E-state index in [4.69, 9.17) is 41.2 Å². The minimum Gasteiger partial charge on any atom is -0.393 e. The van der Waals surface area contributed by atoms with Crippen LogP contribution in [-0.2, 0) is 46.6 Å². The van der Waals surface area contributed by atoms with Crippen LogP contribution in [0.15, 0.2) is 442 Å². The van der Waals surface area contributed by atoms with Crippen molar-refractivity contribution in [2.75, 3.05) is 11.5 Å². The number of hydrogen-bond donors (Lipinski definition) is 4. The van der Waals surface area contributed by atoms with Crippen molar-refractivity contribution < 1.29 is 30.0 Å². The van der Waals surface area contributed by atoms with Gasteiger partial charge >= 0.3 is 11.9 Å². The predicted molar refractivity (Wildman–Crippen MR) is 592 cm³/mol. The number of hydrogen-bond acceptors (Lipinski definition) is 12. The zero-order valence-electron chi connectivity index (χ0n) is 77.0. The third-order valence-electron chi connectivity index (χ3n) is 22.1. The monoisotopic (exact) mass is 2120 g/mol. The first-order valence-corrected chi connectivity index (χ1v) is 51.7. The number of carbonyl (C=O) groups is 2. The Balaban J connectivity index is 0.000000144. The molecule has 0 bridgehead atoms. The van der Waals surface area contributed by atoms with E-state index in [0.29, 0.717) is 39.5 Å². The molecule has 0 radical (unpaired) electrons. The molecule has 6 heterocycles. The molecule has 0 aliphatic heterocycles. The molecule has 17 nitrogen and oxygen atoms in total. The topological polar surface area (TPSA) is 228 Å². The second-order valence-corrected chi connectivity index (χ2v) is 42.3. The van der Waals surface area contributed by atoms with Crippen LogP contribution in [0.2, 0.25) is 10.0 Å². The maximum Gasteiger partial charge on any atom is 0.394 e. The van der Waals surface area contributed by atoms with E-state index in [2.05, 4.69) is 435 Å². The van der Waals surface area contributed by atoms with Gasteiger partial charge in [0, 0.05) is 68.1 Å². The molecule has 704 valence electrons. The van der Waals surface area contributed by atoms with Crippen LogP contribution in [-0.4, -0.2) is 61.3 Å². The number of aryl methyl sites for hydroxylation is 4. The Morgan fingerprint density at radius 1 is 0.348 bits per heavy atom. The van der Waals surface area contributed by atoms with E-state index < -0.39 is 37.6 Å². The van der Waals surface area contributed by atoms with Crippen molar-refractivity contribution in [2.45, 2.75) is 61.3 Å². The van der Waals surface area contributed by atoms with Crippen molar-refractivity contribution in [1.29, 1.82) is 0 Å². The first-order valence-electron chi connectivity index (χ1n) is 44.8. The molecule has 141 heavy (non-hydrogen) atoms. The molecule has 0 saturated carbocycles. The number of anilines is 2. The molecule has 6 N–H and O–H groups in total. The summed E-state index contributed by atoms with van der Waals surface area (Å²) in [5.74, 6) is 0.285. The number of benzene rings is 14. The van der Waals surface area contributed by atoms with Gasteiger partial charge in [-0.15, -0.1) is 16.7 Å². The molecule has 0 spiro atoms. The number of halogens is 3. The molecule has 25 heteroatoms. The molecule has 0 aliphatic carbocycles. The van der Waals surface area contributed by atoms with Gasteiger partial charge in [0.25, 0.3) is 11.7 Å². The Kier molecular flexibility index (Phi) is 39.1. The molecule has 20 rings (SSSR count). The fraction of sp³-hybridized carbons (Fsp3) is 0.0776. The van der Waals surface area contributed by atoms with E-state index >= 15 is 0 Å². The number of nitrogens with one attached hydrogen (secondary N) is 2. The van der Waals surface area contributed by atoms with Crippen molar-refractivity contribution in [2.24, 2.45) is 0 Å². The normalized spacial score (nSPS) is 10.6. The van der Waals surface area contributed by atoms with Crippen LogP contribution in [0.1, 0.15) is 73.4 Å². The first-order chi connectivity index (χ1) is 67.9. The van der Waals surface area contributed by atoms with Gasteiger partial charge in [-0.1, -0.05) is 412 Å². The van der Waals surface area contributed by atoms with Gasteiger partial charge in [-0.05, 0) is 221 Å². The Bertz CT molecular complexity index is 6550. The summed E-state index contributed by atoms with van der Waals surface area (Å²) in [6.45, 7) is 16.0. The molecule has 0 unspecified atom stereocenters. The number of carbonyl (C=O) groups excluding carboxylic acids is 2. The van der Waals surface area contributed by atoms with Gasteiger partial charge in [0.1, 0.15) is 11.6 Å². The van der Waals surface area contributed by atoms with E-state index in [0.717, 1.165) is 66.6 Å². The third-order valence-corrected chi connectivity index (χ3v) is 32.6. The molecule has 0 aliphatic rings. The summed E-state index contributed by atoms with van der Waals surface area (Å²) in [6, 6.07) is 148. The fourth-order valence-corrected chi connectivity index (χ4v) is 25.5. The molecule has 0 saturated heterocycles. The van der Waals surface area contributed by atoms with E-state index in [1.165, 1.54) is 68.3 Å². The minimum atomic E-state index is -0.446.